The smallest absolute Gasteiger partial charge is 0.160 e. The van der Waals surface area contributed by atoms with Crippen molar-refractivity contribution in [2.24, 2.45) is 40.4 Å². The van der Waals surface area contributed by atoms with Crippen molar-refractivity contribution in [3.05, 3.63) is 11.6 Å². The van der Waals surface area contributed by atoms with Crippen molar-refractivity contribution < 1.29 is 39.8 Å². The van der Waals surface area contributed by atoms with E-state index in [1.54, 1.807) is 20.1 Å². The molecule has 38 heavy (non-hydrogen) atoms. The van der Waals surface area contributed by atoms with E-state index in [-0.39, 0.29) is 35.9 Å². The van der Waals surface area contributed by atoms with E-state index in [0.717, 1.165) is 6.42 Å². The van der Waals surface area contributed by atoms with Gasteiger partial charge < -0.3 is 35.0 Å². The summed E-state index contributed by atoms with van der Waals surface area (Å²) in [6.45, 7) is 9.78. The van der Waals surface area contributed by atoms with Crippen molar-refractivity contribution in [1.82, 2.24) is 0 Å². The lowest BCUT2D eigenvalue weighted by molar-refractivity contribution is -0.214. The molecule has 8 heteroatoms. The molecule has 14 unspecified atom stereocenters. The molecule has 5 N–H and O–H groups in total. The van der Waals surface area contributed by atoms with Crippen LogP contribution in [0.4, 0.5) is 0 Å². The molecular weight excluding hydrogens is 488 g/mol. The van der Waals surface area contributed by atoms with Crippen LogP contribution in [-0.4, -0.2) is 80.3 Å². The minimum absolute atomic E-state index is 0.0221. The number of aliphatic hydroxyl groups excluding tert-OH is 3. The third-order valence-corrected chi connectivity index (χ3v) is 12.3. The Morgan fingerprint density at radius 1 is 1.18 bits per heavy atom. The maximum Gasteiger partial charge on any atom is 0.160 e. The van der Waals surface area contributed by atoms with Crippen LogP contribution in [0.2, 0.25) is 0 Å². The molecule has 0 aromatic rings. The monoisotopic (exact) mass is 536 g/mol. The van der Waals surface area contributed by atoms with Gasteiger partial charge in [0.25, 0.3) is 0 Å². The molecule has 0 aromatic heterocycles. The fourth-order valence-corrected chi connectivity index (χ4v) is 9.91. The molecule has 216 valence electrons. The fraction of sp³-hybridized carbons (Fsp3) is 0.900. The van der Waals surface area contributed by atoms with Crippen LogP contribution in [0.1, 0.15) is 79.6 Å². The second kappa shape index (κ2) is 9.33. The van der Waals surface area contributed by atoms with Gasteiger partial charge in [-0.2, -0.15) is 0 Å². The second-order valence-corrected chi connectivity index (χ2v) is 13.9. The lowest BCUT2D eigenvalue weighted by Gasteiger charge is -2.60. The molecule has 3 saturated carbocycles. The average molecular weight is 537 g/mol. The molecule has 0 bridgehead atoms. The number of hydrogen-bond acceptors (Lipinski definition) is 8. The highest BCUT2D eigenvalue weighted by molar-refractivity contribution is 5.95. The van der Waals surface area contributed by atoms with Gasteiger partial charge in [0, 0.05) is 24.4 Å². The van der Waals surface area contributed by atoms with Crippen molar-refractivity contribution in [3.8, 4) is 0 Å². The number of rotatable bonds is 5. The maximum absolute atomic E-state index is 13.4. The van der Waals surface area contributed by atoms with Gasteiger partial charge in [-0.15, -0.1) is 0 Å². The first-order chi connectivity index (χ1) is 17.7. The van der Waals surface area contributed by atoms with Crippen LogP contribution in [0.5, 0.6) is 0 Å². The second-order valence-electron chi connectivity index (χ2n) is 13.9. The Bertz CT molecular complexity index is 979. The number of aliphatic hydroxyl groups is 5. The number of ether oxygens (including phenoxy) is 2. The molecule has 0 amide bonds. The van der Waals surface area contributed by atoms with E-state index in [4.69, 9.17) is 9.47 Å². The summed E-state index contributed by atoms with van der Waals surface area (Å²) in [4.78, 5) is 13.4. The van der Waals surface area contributed by atoms with Crippen molar-refractivity contribution in [2.45, 2.75) is 121 Å². The normalized spacial score (nSPS) is 53.0. The number of hydrogen-bond donors (Lipinski definition) is 5. The van der Waals surface area contributed by atoms with E-state index in [0.29, 0.717) is 37.7 Å². The van der Waals surface area contributed by atoms with Gasteiger partial charge in [0.2, 0.25) is 0 Å². The zero-order valence-electron chi connectivity index (χ0n) is 23.8. The first-order valence-corrected chi connectivity index (χ1v) is 14.6. The van der Waals surface area contributed by atoms with Crippen LogP contribution in [-0.2, 0) is 14.3 Å². The molecule has 4 aliphatic carbocycles. The lowest BCUT2D eigenvalue weighted by atomic mass is 9.45. The third kappa shape index (κ3) is 3.70. The Labute approximate surface area is 226 Å². The number of carbonyl (C=O) groups is 1. The molecule has 0 spiro atoms. The van der Waals surface area contributed by atoms with Gasteiger partial charge in [0.15, 0.2) is 12.1 Å². The maximum atomic E-state index is 13.4. The zero-order valence-corrected chi connectivity index (χ0v) is 23.8. The summed E-state index contributed by atoms with van der Waals surface area (Å²) in [5.41, 5.74) is -3.44. The summed E-state index contributed by atoms with van der Waals surface area (Å²) in [6.07, 6.45) is 1.14. The molecular formula is C30H48O8. The molecule has 14 atom stereocenters. The highest BCUT2D eigenvalue weighted by atomic mass is 16.7. The van der Waals surface area contributed by atoms with Gasteiger partial charge in [0.05, 0.1) is 29.5 Å². The van der Waals surface area contributed by atoms with Crippen molar-refractivity contribution in [1.29, 1.82) is 0 Å². The Morgan fingerprint density at radius 2 is 1.87 bits per heavy atom. The van der Waals surface area contributed by atoms with Crippen LogP contribution in [0.25, 0.3) is 0 Å². The van der Waals surface area contributed by atoms with Gasteiger partial charge >= 0.3 is 0 Å². The Kier molecular flexibility index (Phi) is 7.03. The van der Waals surface area contributed by atoms with E-state index in [1.165, 1.54) is 0 Å². The molecule has 1 aliphatic heterocycles. The first-order valence-electron chi connectivity index (χ1n) is 14.6. The van der Waals surface area contributed by atoms with Crippen molar-refractivity contribution in [2.75, 3.05) is 7.11 Å². The summed E-state index contributed by atoms with van der Waals surface area (Å²) in [5, 5.41) is 57.0. The highest BCUT2D eigenvalue weighted by Crippen LogP contribution is 2.68. The Balaban J connectivity index is 1.47. The summed E-state index contributed by atoms with van der Waals surface area (Å²) in [7, 11) is 1.59. The van der Waals surface area contributed by atoms with Crippen LogP contribution in [0.3, 0.4) is 0 Å². The van der Waals surface area contributed by atoms with E-state index in [1.807, 2.05) is 20.8 Å². The van der Waals surface area contributed by atoms with Crippen LogP contribution >= 0.6 is 0 Å². The molecule has 1 heterocycles. The predicted octanol–water partition coefficient (Wildman–Crippen LogP) is 2.34. The quantitative estimate of drug-likeness (QED) is 0.361. The van der Waals surface area contributed by atoms with Gasteiger partial charge in [0.1, 0.15) is 6.10 Å². The van der Waals surface area contributed by atoms with Gasteiger partial charge in [-0.25, -0.2) is 0 Å². The van der Waals surface area contributed by atoms with Crippen molar-refractivity contribution >= 4 is 5.78 Å². The molecule has 0 radical (unpaired) electrons. The number of fused-ring (bicyclic) bond motifs is 5. The first kappa shape index (κ1) is 28.7. The molecule has 0 aromatic carbocycles. The molecule has 8 nitrogen and oxygen atoms in total. The van der Waals surface area contributed by atoms with Crippen LogP contribution in [0, 0.1) is 40.4 Å². The van der Waals surface area contributed by atoms with Gasteiger partial charge in [-0.1, -0.05) is 34.1 Å². The molecule has 1 saturated heterocycles. The minimum atomic E-state index is -1.54. The standard InChI is InChI=1S/C30H48O8/c1-7-16-15(2)26(37-6)38-24(16)25(34)29(5,35)23-9-11-30(36)18-12-20(31)19-13-21(32)22(33)14-27(19,3)17(18)8-10-28(23,30)4/h12,15-17,19,21-26,32-36H,7-11,13-14H2,1-6H3. The number of allylic oxidation sites excluding steroid dienone is 1. The van der Waals surface area contributed by atoms with E-state index in [9.17, 15) is 30.3 Å². The van der Waals surface area contributed by atoms with Crippen LogP contribution < -0.4 is 0 Å². The highest BCUT2D eigenvalue weighted by Gasteiger charge is 2.70. The molecule has 5 rings (SSSR count). The number of ketones is 1. The zero-order chi connectivity index (χ0) is 28.0. The average Bonchev–Trinajstić information content (AvgIpc) is 3.33. The SMILES string of the molecule is CCC1C(C)C(OC)OC1C(O)C(C)(O)C1CCC2(O)C3=CC(=O)C4CC(O)C(O)CC4(C)C3CCC12C. The summed E-state index contributed by atoms with van der Waals surface area (Å²) in [5.74, 6) is -0.898. The van der Waals surface area contributed by atoms with Crippen molar-refractivity contribution in [3.63, 3.8) is 0 Å². The Morgan fingerprint density at radius 3 is 2.50 bits per heavy atom. The van der Waals surface area contributed by atoms with Gasteiger partial charge in [-0.05, 0) is 80.3 Å². The van der Waals surface area contributed by atoms with E-state index in [2.05, 4.69) is 6.92 Å². The van der Waals surface area contributed by atoms with Crippen LogP contribution in [0.15, 0.2) is 11.6 Å². The molecule has 4 fully saturated rings. The van der Waals surface area contributed by atoms with E-state index < -0.39 is 58.7 Å². The predicted molar refractivity (Wildman–Crippen MR) is 140 cm³/mol. The molecule has 5 aliphatic rings. The Hall–Kier alpha value is -0.870. The largest absolute Gasteiger partial charge is 0.390 e. The topological polar surface area (TPSA) is 137 Å². The minimum Gasteiger partial charge on any atom is -0.390 e. The van der Waals surface area contributed by atoms with E-state index >= 15 is 0 Å². The summed E-state index contributed by atoms with van der Waals surface area (Å²) in [6, 6.07) is 0. The summed E-state index contributed by atoms with van der Waals surface area (Å²) < 4.78 is 11.6. The summed E-state index contributed by atoms with van der Waals surface area (Å²) >= 11 is 0. The lowest BCUT2D eigenvalue weighted by Crippen LogP contribution is -2.63. The van der Waals surface area contributed by atoms with Gasteiger partial charge in [-0.3, -0.25) is 4.79 Å². The number of carbonyl (C=O) groups excluding carboxylic acids is 1. The number of methoxy groups -OCH3 is 1. The fourth-order valence-electron chi connectivity index (χ4n) is 9.91. The third-order valence-electron chi connectivity index (χ3n) is 12.3.